The molecule has 1 aromatic carbocycles. The molecule has 0 aliphatic heterocycles. The molecule has 19 heavy (non-hydrogen) atoms. The standard InChI is InChI=1S/C17H28N2/c1-12-5-10-16(13(2)11-12)17(19-4)14-6-8-15(18-3)9-7-14/h5,10-11,14-15,17-19H,6-9H2,1-4H3. The third kappa shape index (κ3) is 3.37. The van der Waals surface area contributed by atoms with Gasteiger partial charge in [-0.2, -0.15) is 0 Å². The maximum absolute atomic E-state index is 3.56. The molecule has 1 aromatic rings. The summed E-state index contributed by atoms with van der Waals surface area (Å²) in [4.78, 5) is 0. The predicted molar refractivity (Wildman–Crippen MR) is 82.5 cm³/mol. The number of benzene rings is 1. The van der Waals surface area contributed by atoms with Crippen LogP contribution in [0.25, 0.3) is 0 Å². The molecule has 1 unspecified atom stereocenters. The lowest BCUT2D eigenvalue weighted by Gasteiger charge is -2.34. The highest BCUT2D eigenvalue weighted by atomic mass is 14.9. The molecule has 0 spiro atoms. The van der Waals surface area contributed by atoms with E-state index >= 15 is 0 Å². The van der Waals surface area contributed by atoms with E-state index in [9.17, 15) is 0 Å². The van der Waals surface area contributed by atoms with Crippen LogP contribution in [0.2, 0.25) is 0 Å². The first kappa shape index (κ1) is 14.5. The molecule has 1 aliphatic rings. The zero-order valence-corrected chi connectivity index (χ0v) is 12.8. The summed E-state index contributed by atoms with van der Waals surface area (Å²) >= 11 is 0. The molecule has 1 fully saturated rings. The minimum absolute atomic E-state index is 0.512. The molecule has 0 radical (unpaired) electrons. The first-order valence-electron chi connectivity index (χ1n) is 7.57. The van der Waals surface area contributed by atoms with E-state index in [1.807, 2.05) is 0 Å². The Morgan fingerprint density at radius 2 is 1.74 bits per heavy atom. The van der Waals surface area contributed by atoms with Crippen LogP contribution in [0.4, 0.5) is 0 Å². The van der Waals surface area contributed by atoms with Crippen molar-refractivity contribution in [3.8, 4) is 0 Å². The van der Waals surface area contributed by atoms with Crippen LogP contribution in [0, 0.1) is 19.8 Å². The Balaban J connectivity index is 2.12. The smallest absolute Gasteiger partial charge is 0.0348 e. The van der Waals surface area contributed by atoms with Crippen molar-refractivity contribution >= 4 is 0 Å². The molecule has 1 atom stereocenters. The van der Waals surface area contributed by atoms with Crippen molar-refractivity contribution in [1.82, 2.24) is 10.6 Å². The summed E-state index contributed by atoms with van der Waals surface area (Å²) in [7, 11) is 4.19. The van der Waals surface area contributed by atoms with Gasteiger partial charge in [-0.1, -0.05) is 23.8 Å². The van der Waals surface area contributed by atoms with Crippen molar-refractivity contribution in [2.75, 3.05) is 14.1 Å². The van der Waals surface area contributed by atoms with Crippen LogP contribution in [0.15, 0.2) is 18.2 Å². The first-order valence-corrected chi connectivity index (χ1v) is 7.57. The summed E-state index contributed by atoms with van der Waals surface area (Å²) in [5.74, 6) is 0.774. The fourth-order valence-electron chi connectivity index (χ4n) is 3.56. The van der Waals surface area contributed by atoms with Gasteiger partial charge >= 0.3 is 0 Å². The van der Waals surface area contributed by atoms with Gasteiger partial charge in [-0.25, -0.2) is 0 Å². The van der Waals surface area contributed by atoms with Crippen LogP contribution in [0.3, 0.4) is 0 Å². The third-order valence-electron chi connectivity index (χ3n) is 4.72. The Labute approximate surface area is 118 Å². The summed E-state index contributed by atoms with van der Waals surface area (Å²) in [6.45, 7) is 4.41. The topological polar surface area (TPSA) is 24.1 Å². The molecule has 2 heteroatoms. The lowest BCUT2D eigenvalue weighted by atomic mass is 9.78. The molecule has 2 N–H and O–H groups in total. The second kappa shape index (κ2) is 6.53. The van der Waals surface area contributed by atoms with Crippen LogP contribution in [0.5, 0.6) is 0 Å². The van der Waals surface area contributed by atoms with Crippen molar-refractivity contribution < 1.29 is 0 Å². The molecular weight excluding hydrogens is 232 g/mol. The van der Waals surface area contributed by atoms with E-state index in [-0.39, 0.29) is 0 Å². The molecule has 0 bridgehead atoms. The van der Waals surface area contributed by atoms with Gasteiger partial charge in [0.15, 0.2) is 0 Å². The largest absolute Gasteiger partial charge is 0.317 e. The average Bonchev–Trinajstić information content (AvgIpc) is 2.42. The zero-order chi connectivity index (χ0) is 13.8. The summed E-state index contributed by atoms with van der Waals surface area (Å²) in [6.07, 6.45) is 5.27. The van der Waals surface area contributed by atoms with Crippen molar-refractivity contribution in [3.05, 3.63) is 34.9 Å². The van der Waals surface area contributed by atoms with E-state index in [1.165, 1.54) is 42.4 Å². The lowest BCUT2D eigenvalue weighted by Crippen LogP contribution is -2.35. The number of nitrogens with one attached hydrogen (secondary N) is 2. The highest BCUT2D eigenvalue weighted by Crippen LogP contribution is 2.35. The number of hydrogen-bond acceptors (Lipinski definition) is 2. The third-order valence-corrected chi connectivity index (χ3v) is 4.72. The predicted octanol–water partition coefficient (Wildman–Crippen LogP) is 3.34. The number of hydrogen-bond donors (Lipinski definition) is 2. The summed E-state index contributed by atoms with van der Waals surface area (Å²) in [5, 5.41) is 6.98. The molecule has 0 heterocycles. The SMILES string of the molecule is CNC1CCC(C(NC)c2ccc(C)cc2C)CC1. The average molecular weight is 260 g/mol. The summed E-state index contributed by atoms with van der Waals surface area (Å²) in [5.41, 5.74) is 4.27. The Bertz CT molecular complexity index is 406. The van der Waals surface area contributed by atoms with Gasteiger partial charge < -0.3 is 10.6 Å². The highest BCUT2D eigenvalue weighted by Gasteiger charge is 2.27. The van der Waals surface area contributed by atoms with Crippen molar-refractivity contribution in [2.24, 2.45) is 5.92 Å². The zero-order valence-electron chi connectivity index (χ0n) is 12.8. The van der Waals surface area contributed by atoms with E-state index < -0.39 is 0 Å². The Morgan fingerprint density at radius 1 is 1.05 bits per heavy atom. The molecule has 1 aliphatic carbocycles. The van der Waals surface area contributed by atoms with Crippen LogP contribution >= 0.6 is 0 Å². The van der Waals surface area contributed by atoms with Crippen LogP contribution in [-0.4, -0.2) is 20.1 Å². The Hall–Kier alpha value is -0.860. The molecular formula is C17H28N2. The van der Waals surface area contributed by atoms with Crippen molar-refractivity contribution in [2.45, 2.75) is 51.6 Å². The molecule has 1 saturated carbocycles. The molecule has 0 aromatic heterocycles. The van der Waals surface area contributed by atoms with Gasteiger partial charge in [0.25, 0.3) is 0 Å². The second-order valence-electron chi connectivity index (χ2n) is 6.03. The lowest BCUT2D eigenvalue weighted by molar-refractivity contribution is 0.247. The van der Waals surface area contributed by atoms with Crippen LogP contribution in [-0.2, 0) is 0 Å². The second-order valence-corrected chi connectivity index (χ2v) is 6.03. The van der Waals surface area contributed by atoms with E-state index in [0.717, 1.165) is 12.0 Å². The maximum atomic E-state index is 3.56. The quantitative estimate of drug-likeness (QED) is 0.867. The summed E-state index contributed by atoms with van der Waals surface area (Å²) in [6, 6.07) is 8.10. The van der Waals surface area contributed by atoms with Gasteiger partial charge in [0.1, 0.15) is 0 Å². The molecule has 0 saturated heterocycles. The normalized spacial score (nSPS) is 25.3. The van der Waals surface area contributed by atoms with Crippen LogP contribution < -0.4 is 10.6 Å². The molecule has 2 nitrogen and oxygen atoms in total. The van der Waals surface area contributed by atoms with Crippen LogP contribution in [0.1, 0.15) is 48.4 Å². The minimum Gasteiger partial charge on any atom is -0.317 e. The number of rotatable bonds is 4. The molecule has 2 rings (SSSR count). The summed E-state index contributed by atoms with van der Waals surface area (Å²) < 4.78 is 0. The molecule has 0 amide bonds. The van der Waals surface area contributed by atoms with Gasteiger partial charge in [0.05, 0.1) is 0 Å². The van der Waals surface area contributed by atoms with Gasteiger partial charge in [-0.3, -0.25) is 0 Å². The monoisotopic (exact) mass is 260 g/mol. The fourth-order valence-corrected chi connectivity index (χ4v) is 3.56. The van der Waals surface area contributed by atoms with Gasteiger partial charge in [-0.05, 0) is 70.7 Å². The first-order chi connectivity index (χ1) is 9.15. The Morgan fingerprint density at radius 3 is 2.26 bits per heavy atom. The van der Waals surface area contributed by atoms with Gasteiger partial charge in [0, 0.05) is 12.1 Å². The van der Waals surface area contributed by atoms with E-state index in [0.29, 0.717) is 6.04 Å². The maximum Gasteiger partial charge on any atom is 0.0348 e. The number of aryl methyl sites for hydroxylation is 2. The van der Waals surface area contributed by atoms with Crippen molar-refractivity contribution in [3.63, 3.8) is 0 Å². The van der Waals surface area contributed by atoms with Crippen molar-refractivity contribution in [1.29, 1.82) is 0 Å². The van der Waals surface area contributed by atoms with Gasteiger partial charge in [0.2, 0.25) is 0 Å². The van der Waals surface area contributed by atoms with Gasteiger partial charge in [-0.15, -0.1) is 0 Å². The fraction of sp³-hybridized carbons (Fsp3) is 0.647. The Kier molecular flexibility index (Phi) is 5.00. The molecule has 106 valence electrons. The van der Waals surface area contributed by atoms with E-state index in [4.69, 9.17) is 0 Å². The van der Waals surface area contributed by atoms with E-state index in [1.54, 1.807) is 0 Å². The minimum atomic E-state index is 0.512. The highest BCUT2D eigenvalue weighted by molar-refractivity contribution is 5.33. The van der Waals surface area contributed by atoms with E-state index in [2.05, 4.69) is 56.8 Å².